The average Bonchev–Trinajstić information content (AvgIpc) is 3.38. The molecule has 1 saturated heterocycles. The Labute approximate surface area is 176 Å². The Kier molecular flexibility index (Phi) is 2.68. The van der Waals surface area contributed by atoms with E-state index >= 15 is 0 Å². The summed E-state index contributed by atoms with van der Waals surface area (Å²) in [5.41, 5.74) is 5.41. The van der Waals surface area contributed by atoms with E-state index in [1.54, 1.807) is 0 Å². The third-order valence-electron chi connectivity index (χ3n) is 7.44. The van der Waals surface area contributed by atoms with Crippen LogP contribution < -0.4 is 10.6 Å². The number of aromatic nitrogens is 2. The fourth-order valence-electron chi connectivity index (χ4n) is 6.38. The second-order valence-electron chi connectivity index (χ2n) is 8.88. The van der Waals surface area contributed by atoms with Gasteiger partial charge in [0.1, 0.15) is 0 Å². The van der Waals surface area contributed by atoms with Gasteiger partial charge in [-0.05, 0) is 31.4 Å². The van der Waals surface area contributed by atoms with Gasteiger partial charge in [-0.2, -0.15) is 0 Å². The number of amides is 2. The molecule has 150 valence electrons. The second kappa shape index (κ2) is 5.15. The zero-order chi connectivity index (χ0) is 20.4. The molecule has 2 N–H and O–H groups in total. The molecule has 5 aromatic rings. The first-order valence-corrected chi connectivity index (χ1v) is 10.9. The molecule has 2 amide bonds. The molecule has 2 bridgehead atoms. The minimum atomic E-state index is -0.290. The molecule has 3 aliphatic heterocycles. The number of nitrogens with one attached hydrogen (secondary N) is 2. The quantitative estimate of drug-likeness (QED) is 0.370. The highest BCUT2D eigenvalue weighted by atomic mass is 16.2. The first-order chi connectivity index (χ1) is 15.2. The number of imide groups is 1. The Hall–Kier alpha value is -3.64. The molecule has 0 aliphatic carbocycles. The zero-order valence-corrected chi connectivity index (χ0v) is 16.6. The molecule has 0 saturated carbocycles. The number of carbonyl (C=O) groups excluding carboxylic acids is 2. The number of benzene rings is 3. The van der Waals surface area contributed by atoms with Crippen LogP contribution in [0, 0.1) is 0 Å². The molecule has 2 atom stereocenters. The van der Waals surface area contributed by atoms with Crippen LogP contribution >= 0.6 is 0 Å². The molecule has 3 aromatic carbocycles. The summed E-state index contributed by atoms with van der Waals surface area (Å²) >= 11 is 0. The first kappa shape index (κ1) is 16.1. The molecule has 6 nitrogen and oxygen atoms in total. The van der Waals surface area contributed by atoms with E-state index in [-0.39, 0.29) is 24.1 Å². The van der Waals surface area contributed by atoms with Crippen molar-refractivity contribution in [3.05, 3.63) is 59.7 Å². The summed E-state index contributed by atoms with van der Waals surface area (Å²) in [6.07, 6.45) is 3.51. The lowest BCUT2D eigenvalue weighted by molar-refractivity contribution is 0.0880. The van der Waals surface area contributed by atoms with Gasteiger partial charge in [0.25, 0.3) is 11.8 Å². The summed E-state index contributed by atoms with van der Waals surface area (Å²) in [6, 6.07) is 16.5. The van der Waals surface area contributed by atoms with Crippen LogP contribution in [0.1, 0.15) is 52.3 Å². The maximum atomic E-state index is 13.1. The van der Waals surface area contributed by atoms with Crippen molar-refractivity contribution in [1.29, 1.82) is 0 Å². The van der Waals surface area contributed by atoms with Crippen molar-refractivity contribution in [3.63, 3.8) is 0 Å². The first-order valence-electron chi connectivity index (χ1n) is 10.9. The third kappa shape index (κ3) is 1.68. The number of piperidine rings is 1. The Morgan fingerprint density at radius 2 is 1.19 bits per heavy atom. The number of para-hydroxylation sites is 2. The van der Waals surface area contributed by atoms with Crippen LogP contribution in [0.3, 0.4) is 0 Å². The Bertz CT molecular complexity index is 1550. The second-order valence-corrected chi connectivity index (χ2v) is 8.88. The summed E-state index contributed by atoms with van der Waals surface area (Å²) in [4.78, 5) is 26.2. The molecule has 0 unspecified atom stereocenters. The van der Waals surface area contributed by atoms with E-state index < -0.39 is 0 Å². The molecule has 1 fully saturated rings. The number of rotatable bonds is 0. The lowest BCUT2D eigenvalue weighted by atomic mass is 9.96. The van der Waals surface area contributed by atoms with E-state index in [9.17, 15) is 9.59 Å². The van der Waals surface area contributed by atoms with Crippen LogP contribution in [0.2, 0.25) is 0 Å². The van der Waals surface area contributed by atoms with E-state index in [0.29, 0.717) is 11.1 Å². The van der Waals surface area contributed by atoms with Crippen LogP contribution in [0.15, 0.2) is 48.5 Å². The van der Waals surface area contributed by atoms with Crippen molar-refractivity contribution >= 4 is 55.4 Å². The molecule has 6 heteroatoms. The third-order valence-corrected chi connectivity index (χ3v) is 7.44. The summed E-state index contributed by atoms with van der Waals surface area (Å²) in [5, 5.41) is 10.3. The van der Waals surface area contributed by atoms with Gasteiger partial charge in [-0.3, -0.25) is 20.2 Å². The van der Waals surface area contributed by atoms with Crippen LogP contribution in [0.25, 0.3) is 43.6 Å². The topological polar surface area (TPSA) is 68.1 Å². The van der Waals surface area contributed by atoms with Gasteiger partial charge in [-0.25, -0.2) is 0 Å². The SMILES string of the molecule is O=C1NC(=O)c2c1c1c3ccccc3n3c1c1c2c2ccccc2n1[C@H]1CCC[C@@H]3N1. The van der Waals surface area contributed by atoms with E-state index in [4.69, 9.17) is 0 Å². The van der Waals surface area contributed by atoms with E-state index in [1.807, 2.05) is 24.3 Å². The molecule has 0 spiro atoms. The van der Waals surface area contributed by atoms with E-state index in [2.05, 4.69) is 44.0 Å². The molecular formula is C25H18N4O2. The lowest BCUT2D eigenvalue weighted by Crippen LogP contribution is -2.35. The van der Waals surface area contributed by atoms with Crippen LogP contribution in [-0.4, -0.2) is 20.9 Å². The number of fused-ring (bicyclic) bond motifs is 13. The standard InChI is InChI=1S/C25H18N4O2/c30-24-20-18-12-6-1-3-8-14(12)28-16-10-5-11-17(26-16)29-15-9-4-2-7-13(15)19(23(29)22(18)28)21(20)25(31)27-24/h1-4,6-9,16-17,26H,5,10-11H2,(H,27,30,31)/t16-,17+. The monoisotopic (exact) mass is 406 g/mol. The van der Waals surface area contributed by atoms with Crippen molar-refractivity contribution in [1.82, 2.24) is 19.8 Å². The van der Waals surface area contributed by atoms with Gasteiger partial charge in [0.05, 0.1) is 45.5 Å². The number of hydrogen-bond acceptors (Lipinski definition) is 3. The number of nitrogens with zero attached hydrogens (tertiary/aromatic N) is 2. The van der Waals surface area contributed by atoms with Crippen LogP contribution in [0.4, 0.5) is 0 Å². The summed E-state index contributed by atoms with van der Waals surface area (Å²) in [7, 11) is 0. The van der Waals surface area contributed by atoms with Gasteiger partial charge >= 0.3 is 0 Å². The summed E-state index contributed by atoms with van der Waals surface area (Å²) in [6.45, 7) is 0. The Balaban J connectivity index is 1.81. The number of hydrogen-bond donors (Lipinski definition) is 2. The van der Waals surface area contributed by atoms with E-state index in [1.165, 1.54) is 0 Å². The van der Waals surface area contributed by atoms with Crippen LogP contribution in [-0.2, 0) is 0 Å². The maximum Gasteiger partial charge on any atom is 0.259 e. The largest absolute Gasteiger partial charge is 0.322 e. The minimum Gasteiger partial charge on any atom is -0.322 e. The maximum absolute atomic E-state index is 13.1. The predicted octanol–water partition coefficient (Wildman–Crippen LogP) is 4.57. The van der Waals surface area contributed by atoms with Crippen molar-refractivity contribution in [3.8, 4) is 0 Å². The molecule has 2 aromatic heterocycles. The normalized spacial score (nSPS) is 22.1. The van der Waals surface area contributed by atoms with E-state index in [0.717, 1.165) is 62.9 Å². The van der Waals surface area contributed by atoms with Crippen LogP contribution in [0.5, 0.6) is 0 Å². The fraction of sp³-hybridized carbons (Fsp3) is 0.200. The van der Waals surface area contributed by atoms with Crippen molar-refractivity contribution < 1.29 is 9.59 Å². The van der Waals surface area contributed by atoms with Gasteiger partial charge < -0.3 is 9.13 Å². The van der Waals surface area contributed by atoms with Crippen molar-refractivity contribution in [2.24, 2.45) is 0 Å². The van der Waals surface area contributed by atoms with Crippen molar-refractivity contribution in [2.75, 3.05) is 0 Å². The highest BCUT2D eigenvalue weighted by molar-refractivity contribution is 6.39. The van der Waals surface area contributed by atoms with Gasteiger partial charge in [0, 0.05) is 21.5 Å². The predicted molar refractivity (Wildman–Crippen MR) is 119 cm³/mol. The van der Waals surface area contributed by atoms with Gasteiger partial charge in [-0.15, -0.1) is 0 Å². The smallest absolute Gasteiger partial charge is 0.259 e. The highest BCUT2D eigenvalue weighted by Gasteiger charge is 2.40. The van der Waals surface area contributed by atoms with Crippen molar-refractivity contribution in [2.45, 2.75) is 31.6 Å². The molecule has 3 aliphatic rings. The zero-order valence-electron chi connectivity index (χ0n) is 16.6. The molecule has 31 heavy (non-hydrogen) atoms. The highest BCUT2D eigenvalue weighted by Crippen LogP contribution is 2.49. The van der Waals surface area contributed by atoms with Gasteiger partial charge in [0.2, 0.25) is 0 Å². The molecule has 8 rings (SSSR count). The van der Waals surface area contributed by atoms with Gasteiger partial charge in [-0.1, -0.05) is 36.4 Å². The fourth-order valence-corrected chi connectivity index (χ4v) is 6.38. The Morgan fingerprint density at radius 1 is 0.710 bits per heavy atom. The summed E-state index contributed by atoms with van der Waals surface area (Å²) in [5.74, 6) is -0.580. The minimum absolute atomic E-state index is 0.154. The number of carbonyl (C=O) groups is 2. The average molecular weight is 406 g/mol. The Morgan fingerprint density at radius 3 is 1.71 bits per heavy atom. The molecular weight excluding hydrogens is 388 g/mol. The summed E-state index contributed by atoms with van der Waals surface area (Å²) < 4.78 is 4.77. The van der Waals surface area contributed by atoms with Gasteiger partial charge in [0.15, 0.2) is 0 Å². The lowest BCUT2D eigenvalue weighted by Gasteiger charge is -2.32. The molecule has 0 radical (unpaired) electrons. The molecule has 5 heterocycles.